The van der Waals surface area contributed by atoms with Crippen LogP contribution in [0.4, 0.5) is 18.0 Å². The van der Waals surface area contributed by atoms with Gasteiger partial charge in [-0.25, -0.2) is 9.42 Å². The number of rotatable bonds is 3. The molecule has 0 saturated carbocycles. The Morgan fingerprint density at radius 1 is 1.03 bits per heavy atom. The average Bonchev–Trinajstić information content (AvgIpc) is 3.37. The van der Waals surface area contributed by atoms with Crippen molar-refractivity contribution in [3.05, 3.63) is 59.2 Å². The van der Waals surface area contributed by atoms with Crippen molar-refractivity contribution in [1.29, 1.82) is 0 Å². The number of benzene rings is 2. The van der Waals surface area contributed by atoms with Crippen LogP contribution in [0.3, 0.4) is 0 Å². The summed E-state index contributed by atoms with van der Waals surface area (Å²) < 4.78 is 48.6. The topological polar surface area (TPSA) is 88.8 Å². The molecule has 1 aromatic heterocycles. The fourth-order valence-electron chi connectivity index (χ4n) is 4.31. The number of amides is 2. The average molecular weight is 460 g/mol. The van der Waals surface area contributed by atoms with Gasteiger partial charge in [-0.15, -0.1) is 0 Å². The van der Waals surface area contributed by atoms with Crippen molar-refractivity contribution in [3.63, 3.8) is 0 Å². The lowest BCUT2D eigenvalue weighted by molar-refractivity contribution is -0.137. The van der Waals surface area contributed by atoms with E-state index in [1.165, 1.54) is 17.0 Å². The normalized spacial score (nSPS) is 18.2. The van der Waals surface area contributed by atoms with Crippen LogP contribution in [0.15, 0.2) is 47.1 Å². The maximum Gasteiger partial charge on any atom is 0.416 e. The summed E-state index contributed by atoms with van der Waals surface area (Å²) in [5, 5.41) is 7.48. The number of carbonyl (C=O) groups is 2. The molecule has 33 heavy (non-hydrogen) atoms. The highest BCUT2D eigenvalue weighted by Crippen LogP contribution is 2.35. The third-order valence-corrected chi connectivity index (χ3v) is 6.16. The number of hydrogen-bond acceptors (Lipinski definition) is 6. The highest BCUT2D eigenvalue weighted by molar-refractivity contribution is 5.97. The van der Waals surface area contributed by atoms with Crippen molar-refractivity contribution < 1.29 is 32.1 Å². The maximum atomic E-state index is 12.9. The van der Waals surface area contributed by atoms with E-state index in [1.807, 2.05) is 0 Å². The minimum atomic E-state index is -4.40. The van der Waals surface area contributed by atoms with Crippen LogP contribution in [0.1, 0.15) is 34.3 Å². The van der Waals surface area contributed by atoms with Gasteiger partial charge in [0.05, 0.1) is 12.1 Å². The third-order valence-electron chi connectivity index (χ3n) is 6.16. The predicted molar refractivity (Wildman–Crippen MR) is 108 cm³/mol. The number of fused-ring (bicyclic) bond motifs is 1. The van der Waals surface area contributed by atoms with Crippen LogP contribution in [-0.2, 0) is 17.5 Å². The lowest BCUT2D eigenvalue weighted by atomic mass is 9.91. The van der Waals surface area contributed by atoms with E-state index in [0.717, 1.165) is 12.1 Å². The van der Waals surface area contributed by atoms with E-state index in [-0.39, 0.29) is 12.5 Å². The highest BCUT2D eigenvalue weighted by Gasteiger charge is 2.47. The van der Waals surface area contributed by atoms with Gasteiger partial charge in [0, 0.05) is 38.0 Å². The first kappa shape index (κ1) is 21.2. The second-order valence-corrected chi connectivity index (χ2v) is 8.36. The molecule has 3 heterocycles. The number of piperidine rings is 1. The zero-order valence-electron chi connectivity index (χ0n) is 17.3. The molecule has 2 aliphatic rings. The molecule has 172 valence electrons. The van der Waals surface area contributed by atoms with E-state index in [1.54, 1.807) is 23.1 Å². The molecule has 2 aliphatic heterocycles. The summed E-state index contributed by atoms with van der Waals surface area (Å²) in [6.07, 6.45) is -3.96. The largest absolute Gasteiger partial charge is 0.441 e. The lowest BCUT2D eigenvalue weighted by Crippen LogP contribution is -2.48. The molecule has 0 radical (unpaired) electrons. The van der Waals surface area contributed by atoms with Crippen molar-refractivity contribution in [2.75, 3.05) is 19.6 Å². The Morgan fingerprint density at radius 3 is 2.42 bits per heavy atom. The summed E-state index contributed by atoms with van der Waals surface area (Å²) in [5.41, 5.74) is 0.680. The number of alkyl halides is 3. The second-order valence-electron chi connectivity index (χ2n) is 8.36. The van der Waals surface area contributed by atoms with Crippen molar-refractivity contribution >= 4 is 23.0 Å². The van der Waals surface area contributed by atoms with Crippen LogP contribution in [0.2, 0.25) is 0 Å². The SMILES string of the molecule is O=C1OC2(CCN(C(=O)c3ccc4nonc4c3)CC2)CN1Cc1ccc(C(F)(F)F)cc1. The molecular weight excluding hydrogens is 441 g/mol. The molecule has 0 aliphatic carbocycles. The monoisotopic (exact) mass is 460 g/mol. The van der Waals surface area contributed by atoms with Gasteiger partial charge in [-0.05, 0) is 46.2 Å². The summed E-state index contributed by atoms with van der Waals surface area (Å²) in [5.74, 6) is -0.152. The Balaban J connectivity index is 1.21. The Kier molecular flexibility index (Phi) is 4.98. The molecule has 0 atom stereocenters. The summed E-state index contributed by atoms with van der Waals surface area (Å²) >= 11 is 0. The van der Waals surface area contributed by atoms with Gasteiger partial charge < -0.3 is 9.64 Å². The van der Waals surface area contributed by atoms with Gasteiger partial charge >= 0.3 is 12.3 Å². The minimum absolute atomic E-state index is 0.152. The first-order valence-electron chi connectivity index (χ1n) is 10.4. The molecule has 2 fully saturated rings. The molecule has 8 nitrogen and oxygen atoms in total. The number of likely N-dealkylation sites (tertiary alicyclic amines) is 1. The first-order valence-corrected chi connectivity index (χ1v) is 10.4. The van der Waals surface area contributed by atoms with Crippen molar-refractivity contribution in [3.8, 4) is 0 Å². The van der Waals surface area contributed by atoms with Crippen LogP contribution in [-0.4, -0.2) is 57.3 Å². The van der Waals surface area contributed by atoms with E-state index < -0.39 is 23.4 Å². The smallest absolute Gasteiger partial charge is 0.416 e. The number of carbonyl (C=O) groups excluding carboxylic acids is 2. The molecule has 2 saturated heterocycles. The van der Waals surface area contributed by atoms with Gasteiger partial charge in [0.25, 0.3) is 5.91 Å². The maximum absolute atomic E-state index is 12.9. The fourth-order valence-corrected chi connectivity index (χ4v) is 4.31. The summed E-state index contributed by atoms with van der Waals surface area (Å²) in [6.45, 7) is 1.31. The molecule has 5 rings (SSSR count). The number of nitrogens with zero attached hydrogens (tertiary/aromatic N) is 4. The fraction of sp³-hybridized carbons (Fsp3) is 0.364. The Labute approximate surface area is 185 Å². The standard InChI is InChI=1S/C22H19F3N4O4/c23-22(24,25)16-4-1-14(2-5-16)12-29-13-21(32-20(29)31)7-9-28(10-8-21)19(30)15-3-6-17-18(11-15)27-33-26-17/h1-6,11H,7-10,12-13H2. The minimum Gasteiger partial charge on any atom is -0.441 e. The van der Waals surface area contributed by atoms with Crippen LogP contribution in [0, 0.1) is 0 Å². The third kappa shape index (κ3) is 4.10. The Morgan fingerprint density at radius 2 is 1.73 bits per heavy atom. The summed E-state index contributed by atoms with van der Waals surface area (Å²) in [6, 6.07) is 9.70. The molecule has 11 heteroatoms. The molecule has 3 aromatic rings. The molecule has 2 amide bonds. The van der Waals surface area contributed by atoms with Crippen LogP contribution in [0.25, 0.3) is 11.0 Å². The number of hydrogen-bond donors (Lipinski definition) is 0. The lowest BCUT2D eigenvalue weighted by Gasteiger charge is -2.37. The van der Waals surface area contributed by atoms with Gasteiger partial charge in [0.1, 0.15) is 16.6 Å². The van der Waals surface area contributed by atoms with E-state index in [9.17, 15) is 22.8 Å². The molecule has 0 bridgehead atoms. The van der Waals surface area contributed by atoms with Gasteiger partial charge in [0.15, 0.2) is 0 Å². The number of ether oxygens (including phenoxy) is 1. The number of aromatic nitrogens is 2. The molecule has 0 unspecified atom stereocenters. The second kappa shape index (κ2) is 7.75. The molecular formula is C22H19F3N4O4. The summed E-state index contributed by atoms with van der Waals surface area (Å²) in [4.78, 5) is 28.5. The van der Waals surface area contributed by atoms with E-state index >= 15 is 0 Å². The molecule has 2 aromatic carbocycles. The summed E-state index contributed by atoms with van der Waals surface area (Å²) in [7, 11) is 0. The van der Waals surface area contributed by atoms with Gasteiger partial charge in [-0.1, -0.05) is 12.1 Å². The molecule has 0 N–H and O–H groups in total. The van der Waals surface area contributed by atoms with Gasteiger partial charge in [-0.3, -0.25) is 9.69 Å². The van der Waals surface area contributed by atoms with Crippen molar-refractivity contribution in [2.24, 2.45) is 0 Å². The van der Waals surface area contributed by atoms with E-state index in [4.69, 9.17) is 4.74 Å². The van der Waals surface area contributed by atoms with Gasteiger partial charge in [-0.2, -0.15) is 13.2 Å². The van der Waals surface area contributed by atoms with Crippen molar-refractivity contribution in [1.82, 2.24) is 20.1 Å². The first-order chi connectivity index (χ1) is 15.7. The van der Waals surface area contributed by atoms with Crippen LogP contribution in [0.5, 0.6) is 0 Å². The zero-order valence-corrected chi connectivity index (χ0v) is 17.3. The van der Waals surface area contributed by atoms with E-state index in [2.05, 4.69) is 14.9 Å². The zero-order chi connectivity index (χ0) is 23.2. The molecule has 1 spiro atoms. The Bertz CT molecular complexity index is 1200. The Hall–Kier alpha value is -3.63. The number of halogens is 3. The van der Waals surface area contributed by atoms with Gasteiger partial charge in [0.2, 0.25) is 0 Å². The quantitative estimate of drug-likeness (QED) is 0.590. The van der Waals surface area contributed by atoms with Crippen LogP contribution < -0.4 is 0 Å². The van der Waals surface area contributed by atoms with Crippen molar-refractivity contribution in [2.45, 2.75) is 31.2 Å². The van der Waals surface area contributed by atoms with Crippen LogP contribution >= 0.6 is 0 Å². The highest BCUT2D eigenvalue weighted by atomic mass is 19.4. The van der Waals surface area contributed by atoms with E-state index in [0.29, 0.717) is 54.6 Å². The predicted octanol–water partition coefficient (Wildman–Crippen LogP) is 3.87.